The molecule has 0 radical (unpaired) electrons. The number of pyridine rings is 1. The minimum Gasteiger partial charge on any atom is -0.356 e. The summed E-state index contributed by atoms with van der Waals surface area (Å²) in [4.78, 5) is 30.6. The Labute approximate surface area is 150 Å². The number of hydrogen-bond acceptors (Lipinski definition) is 4. The Balaban J connectivity index is 1.92. The summed E-state index contributed by atoms with van der Waals surface area (Å²) in [6.45, 7) is 8.20. The number of piperidine rings is 1. The molecular weight excluding hydrogens is 316 g/mol. The van der Waals surface area contributed by atoms with Gasteiger partial charge in [0.25, 0.3) is 0 Å². The van der Waals surface area contributed by atoms with Crippen molar-refractivity contribution in [3.8, 4) is 0 Å². The van der Waals surface area contributed by atoms with Gasteiger partial charge in [-0.15, -0.1) is 0 Å². The number of carbonyl (C=O) groups is 2. The highest BCUT2D eigenvalue weighted by Crippen LogP contribution is 2.23. The Morgan fingerprint density at radius 2 is 2.16 bits per heavy atom. The molecule has 1 unspecified atom stereocenters. The van der Waals surface area contributed by atoms with Gasteiger partial charge in [-0.1, -0.05) is 27.2 Å². The van der Waals surface area contributed by atoms with E-state index < -0.39 is 0 Å². The minimum atomic E-state index is -0.0613. The minimum absolute atomic E-state index is 0.0173. The second kappa shape index (κ2) is 9.39. The summed E-state index contributed by atoms with van der Waals surface area (Å²) in [5.41, 5.74) is 0.702. The second-order valence-electron chi connectivity index (χ2n) is 6.98. The van der Waals surface area contributed by atoms with Crippen molar-refractivity contribution < 1.29 is 9.59 Å². The molecule has 2 rings (SSSR count). The van der Waals surface area contributed by atoms with E-state index in [4.69, 9.17) is 0 Å². The van der Waals surface area contributed by atoms with Crippen LogP contribution in [0, 0.1) is 11.8 Å². The van der Waals surface area contributed by atoms with E-state index in [-0.39, 0.29) is 23.7 Å². The van der Waals surface area contributed by atoms with Crippen molar-refractivity contribution in [3.63, 3.8) is 0 Å². The molecule has 1 aromatic rings. The fourth-order valence-corrected chi connectivity index (χ4v) is 2.87. The fraction of sp³-hybridized carbons (Fsp3) is 0.632. The molecule has 1 saturated heterocycles. The molecule has 2 heterocycles. The normalized spacial score (nSPS) is 17.4. The lowest BCUT2D eigenvalue weighted by Crippen LogP contribution is -2.43. The van der Waals surface area contributed by atoms with E-state index in [1.807, 2.05) is 26.0 Å². The van der Waals surface area contributed by atoms with Crippen LogP contribution >= 0.6 is 0 Å². The van der Waals surface area contributed by atoms with E-state index in [0.717, 1.165) is 44.6 Å². The molecule has 1 aliphatic rings. The maximum absolute atomic E-state index is 12.3. The summed E-state index contributed by atoms with van der Waals surface area (Å²) >= 11 is 0. The van der Waals surface area contributed by atoms with Crippen molar-refractivity contribution in [3.05, 3.63) is 18.3 Å². The molecular formula is C19H30N4O2. The standard InChI is InChI=1S/C19H30N4O2/c1-4-5-10-20-19(25)15-7-6-11-23(13-15)17-9-8-16(12-21-17)22-18(24)14(2)3/h8-9,12,14-15H,4-7,10-11,13H2,1-3H3,(H,20,25)(H,22,24). The quantitative estimate of drug-likeness (QED) is 0.745. The van der Waals surface area contributed by atoms with Gasteiger partial charge < -0.3 is 15.5 Å². The molecule has 1 atom stereocenters. The van der Waals surface area contributed by atoms with Crippen LogP contribution in [0.15, 0.2) is 18.3 Å². The molecule has 6 heteroatoms. The molecule has 1 fully saturated rings. The highest BCUT2D eigenvalue weighted by Gasteiger charge is 2.26. The molecule has 1 aliphatic heterocycles. The zero-order valence-corrected chi connectivity index (χ0v) is 15.5. The van der Waals surface area contributed by atoms with Gasteiger partial charge in [0.15, 0.2) is 0 Å². The predicted octanol–water partition coefficient (Wildman–Crippen LogP) is 2.81. The lowest BCUT2D eigenvalue weighted by atomic mass is 9.97. The first-order chi connectivity index (χ1) is 12.0. The van der Waals surface area contributed by atoms with Crippen LogP contribution in [-0.4, -0.2) is 36.4 Å². The fourth-order valence-electron chi connectivity index (χ4n) is 2.87. The molecule has 0 aliphatic carbocycles. The van der Waals surface area contributed by atoms with Crippen molar-refractivity contribution in [1.82, 2.24) is 10.3 Å². The SMILES string of the molecule is CCCCNC(=O)C1CCCN(c2ccc(NC(=O)C(C)C)cn2)C1. The summed E-state index contributed by atoms with van der Waals surface area (Å²) in [5.74, 6) is 0.949. The first kappa shape index (κ1) is 19.2. The lowest BCUT2D eigenvalue weighted by molar-refractivity contribution is -0.125. The largest absolute Gasteiger partial charge is 0.356 e. The first-order valence-corrected chi connectivity index (χ1v) is 9.30. The van der Waals surface area contributed by atoms with E-state index >= 15 is 0 Å². The number of hydrogen-bond donors (Lipinski definition) is 2. The number of amides is 2. The smallest absolute Gasteiger partial charge is 0.226 e. The number of nitrogens with one attached hydrogen (secondary N) is 2. The zero-order valence-electron chi connectivity index (χ0n) is 15.5. The molecule has 1 aromatic heterocycles. The van der Waals surface area contributed by atoms with Crippen LogP contribution in [0.1, 0.15) is 46.5 Å². The molecule has 0 saturated carbocycles. The Morgan fingerprint density at radius 3 is 2.80 bits per heavy atom. The second-order valence-corrected chi connectivity index (χ2v) is 6.98. The number of unbranched alkanes of at least 4 members (excludes halogenated alkanes) is 1. The highest BCUT2D eigenvalue weighted by atomic mass is 16.2. The van der Waals surface area contributed by atoms with Gasteiger partial charge in [0.1, 0.15) is 5.82 Å². The maximum atomic E-state index is 12.3. The summed E-state index contributed by atoms with van der Waals surface area (Å²) in [5, 5.41) is 5.88. The van der Waals surface area contributed by atoms with Crippen LogP contribution < -0.4 is 15.5 Å². The van der Waals surface area contributed by atoms with Crippen LogP contribution in [0.2, 0.25) is 0 Å². The highest BCUT2D eigenvalue weighted by molar-refractivity contribution is 5.91. The van der Waals surface area contributed by atoms with Gasteiger partial charge in [0, 0.05) is 25.6 Å². The van der Waals surface area contributed by atoms with Gasteiger partial charge in [-0.2, -0.15) is 0 Å². The van der Waals surface area contributed by atoms with Crippen LogP contribution in [-0.2, 0) is 9.59 Å². The van der Waals surface area contributed by atoms with Gasteiger partial charge in [0.05, 0.1) is 17.8 Å². The Bertz CT molecular complexity index is 571. The topological polar surface area (TPSA) is 74.3 Å². The van der Waals surface area contributed by atoms with Crippen molar-refractivity contribution in [2.45, 2.75) is 46.5 Å². The van der Waals surface area contributed by atoms with E-state index in [1.54, 1.807) is 6.20 Å². The lowest BCUT2D eigenvalue weighted by Gasteiger charge is -2.33. The van der Waals surface area contributed by atoms with Crippen molar-refractivity contribution in [1.29, 1.82) is 0 Å². The molecule has 0 spiro atoms. The van der Waals surface area contributed by atoms with Gasteiger partial charge in [0.2, 0.25) is 11.8 Å². The van der Waals surface area contributed by atoms with Gasteiger partial charge in [-0.25, -0.2) is 4.98 Å². The molecule has 138 valence electrons. The van der Waals surface area contributed by atoms with Crippen LogP contribution in [0.3, 0.4) is 0 Å². The van der Waals surface area contributed by atoms with E-state index in [2.05, 4.69) is 27.4 Å². The summed E-state index contributed by atoms with van der Waals surface area (Å²) in [7, 11) is 0. The summed E-state index contributed by atoms with van der Waals surface area (Å²) in [6.07, 6.45) is 5.70. The van der Waals surface area contributed by atoms with Gasteiger partial charge >= 0.3 is 0 Å². The Kier molecular flexibility index (Phi) is 7.22. The average molecular weight is 346 g/mol. The number of rotatable bonds is 7. The maximum Gasteiger partial charge on any atom is 0.226 e. The third-order valence-corrected chi connectivity index (χ3v) is 4.49. The Morgan fingerprint density at radius 1 is 1.36 bits per heavy atom. The molecule has 6 nitrogen and oxygen atoms in total. The third kappa shape index (κ3) is 5.73. The molecule has 2 amide bonds. The summed E-state index contributed by atoms with van der Waals surface area (Å²) < 4.78 is 0. The molecule has 0 aromatic carbocycles. The van der Waals surface area contributed by atoms with Crippen molar-refractivity contribution in [2.24, 2.45) is 11.8 Å². The van der Waals surface area contributed by atoms with Gasteiger partial charge in [-0.3, -0.25) is 9.59 Å². The first-order valence-electron chi connectivity index (χ1n) is 9.30. The van der Waals surface area contributed by atoms with Crippen molar-refractivity contribution in [2.75, 3.05) is 29.9 Å². The van der Waals surface area contributed by atoms with Gasteiger partial charge in [-0.05, 0) is 31.4 Å². The number of aromatic nitrogens is 1. The molecule has 2 N–H and O–H groups in total. The van der Waals surface area contributed by atoms with E-state index in [9.17, 15) is 9.59 Å². The monoisotopic (exact) mass is 346 g/mol. The molecule has 0 bridgehead atoms. The van der Waals surface area contributed by atoms with Crippen LogP contribution in [0.25, 0.3) is 0 Å². The summed E-state index contributed by atoms with van der Waals surface area (Å²) in [6, 6.07) is 3.78. The zero-order chi connectivity index (χ0) is 18.2. The van der Waals surface area contributed by atoms with Crippen LogP contribution in [0.4, 0.5) is 11.5 Å². The predicted molar refractivity (Wildman–Crippen MR) is 101 cm³/mol. The number of anilines is 2. The Hall–Kier alpha value is -2.11. The molecule has 25 heavy (non-hydrogen) atoms. The average Bonchev–Trinajstić information content (AvgIpc) is 2.62. The van der Waals surface area contributed by atoms with Crippen molar-refractivity contribution >= 4 is 23.3 Å². The van der Waals surface area contributed by atoms with E-state index in [0.29, 0.717) is 12.2 Å². The van der Waals surface area contributed by atoms with E-state index in [1.165, 1.54) is 0 Å². The number of carbonyl (C=O) groups excluding carboxylic acids is 2. The number of nitrogens with zero attached hydrogens (tertiary/aromatic N) is 2. The van der Waals surface area contributed by atoms with Crippen LogP contribution in [0.5, 0.6) is 0 Å². The third-order valence-electron chi connectivity index (χ3n) is 4.49.